The van der Waals surface area contributed by atoms with Crippen LogP contribution in [0.1, 0.15) is 45.6 Å². The van der Waals surface area contributed by atoms with E-state index in [1.165, 1.54) is 12.0 Å². The van der Waals surface area contributed by atoms with E-state index >= 15 is 0 Å². The Morgan fingerprint density at radius 2 is 1.90 bits per heavy atom. The molecule has 2 aliphatic rings. The third-order valence-electron chi connectivity index (χ3n) is 6.01. The van der Waals surface area contributed by atoms with Crippen LogP contribution in [0.4, 0.5) is 0 Å². The number of fused-ring (bicyclic) bond motifs is 2. The van der Waals surface area contributed by atoms with Crippen LogP contribution in [0, 0.1) is 16.7 Å². The lowest BCUT2D eigenvalue weighted by atomic mass is 9.70. The number of Topliss-reactive ketones (excluding diaryl/α,β-unsaturated/α-hetero) is 1. The van der Waals surface area contributed by atoms with Crippen LogP contribution >= 0.6 is 0 Å². The Kier molecular flexibility index (Phi) is 3.12. The van der Waals surface area contributed by atoms with Gasteiger partial charge in [-0.15, -0.1) is 0 Å². The number of aryl methyl sites for hydroxylation is 1. The van der Waals surface area contributed by atoms with Crippen LogP contribution in [0.2, 0.25) is 0 Å². The first kappa shape index (κ1) is 13.6. The lowest BCUT2D eigenvalue weighted by Crippen LogP contribution is -2.32. The van der Waals surface area contributed by atoms with Crippen molar-refractivity contribution < 1.29 is 4.79 Å². The van der Waals surface area contributed by atoms with Crippen molar-refractivity contribution in [1.29, 1.82) is 0 Å². The van der Waals surface area contributed by atoms with E-state index in [-0.39, 0.29) is 10.8 Å². The van der Waals surface area contributed by atoms with Gasteiger partial charge < -0.3 is 0 Å². The number of allylic oxidation sites excluding steroid dienone is 2. The predicted molar refractivity (Wildman–Crippen MR) is 82.5 cm³/mol. The Balaban J connectivity index is 1.76. The molecule has 0 N–H and O–H groups in total. The molecule has 3 rings (SSSR count). The van der Waals surface area contributed by atoms with Gasteiger partial charge in [0.1, 0.15) is 0 Å². The van der Waals surface area contributed by atoms with Gasteiger partial charge in [-0.3, -0.25) is 4.79 Å². The molecule has 0 aliphatic heterocycles. The molecular weight excluding hydrogens is 244 g/mol. The number of hydrogen-bond donors (Lipinski definition) is 0. The molecule has 1 heteroatoms. The minimum atomic E-state index is -0.115. The predicted octanol–water partition coefficient (Wildman–Crippen LogP) is 4.57. The molecule has 1 nitrogen and oxygen atoms in total. The van der Waals surface area contributed by atoms with E-state index in [1.807, 2.05) is 6.07 Å². The van der Waals surface area contributed by atoms with E-state index in [2.05, 4.69) is 51.1 Å². The SMILES string of the molecule is CC1(C)[C@@H]2CC[C@]1(C)C(=O)/C2=C\CCc1ccccc1. The second kappa shape index (κ2) is 4.58. The highest BCUT2D eigenvalue weighted by molar-refractivity contribution is 6.04. The maximum atomic E-state index is 12.7. The highest BCUT2D eigenvalue weighted by Crippen LogP contribution is 2.65. The molecule has 0 unspecified atom stereocenters. The molecule has 2 bridgehead atoms. The second-order valence-corrected chi connectivity index (χ2v) is 7.16. The molecule has 0 amide bonds. The molecule has 2 fully saturated rings. The van der Waals surface area contributed by atoms with Crippen molar-refractivity contribution in [3.05, 3.63) is 47.5 Å². The summed E-state index contributed by atoms with van der Waals surface area (Å²) >= 11 is 0. The smallest absolute Gasteiger partial charge is 0.165 e. The molecule has 2 saturated carbocycles. The van der Waals surface area contributed by atoms with Crippen LogP contribution in [0.15, 0.2) is 42.0 Å². The van der Waals surface area contributed by atoms with Gasteiger partial charge in [0.15, 0.2) is 5.78 Å². The van der Waals surface area contributed by atoms with Crippen LogP contribution in [0.5, 0.6) is 0 Å². The van der Waals surface area contributed by atoms with Crippen LogP contribution in [-0.2, 0) is 11.2 Å². The maximum Gasteiger partial charge on any atom is 0.165 e. The molecule has 1 aromatic rings. The molecule has 0 spiro atoms. The summed E-state index contributed by atoms with van der Waals surface area (Å²) in [6.45, 7) is 6.73. The fourth-order valence-corrected chi connectivity index (χ4v) is 4.20. The zero-order valence-electron chi connectivity index (χ0n) is 12.8. The van der Waals surface area contributed by atoms with Gasteiger partial charge in [0.05, 0.1) is 0 Å². The van der Waals surface area contributed by atoms with Gasteiger partial charge in [-0.05, 0) is 48.2 Å². The molecule has 0 heterocycles. The van der Waals surface area contributed by atoms with E-state index in [0.29, 0.717) is 11.7 Å². The van der Waals surface area contributed by atoms with Crippen LogP contribution < -0.4 is 0 Å². The van der Waals surface area contributed by atoms with Crippen molar-refractivity contribution in [1.82, 2.24) is 0 Å². The largest absolute Gasteiger partial charge is 0.294 e. The quantitative estimate of drug-likeness (QED) is 0.734. The summed E-state index contributed by atoms with van der Waals surface area (Å²) in [7, 11) is 0. The molecule has 20 heavy (non-hydrogen) atoms. The topological polar surface area (TPSA) is 17.1 Å². The van der Waals surface area contributed by atoms with Crippen LogP contribution in [0.25, 0.3) is 0 Å². The summed E-state index contributed by atoms with van der Waals surface area (Å²) in [5, 5.41) is 0. The standard InChI is InChI=1S/C19H24O/c1-18(2)16-12-13-19(18,3)17(20)15(16)11-7-10-14-8-5-4-6-9-14/h4-6,8-9,11,16H,7,10,12-13H2,1-3H3/b15-11-/t16-,19-/m1/s1. The van der Waals surface area contributed by atoms with Crippen LogP contribution in [0.3, 0.4) is 0 Å². The number of ketones is 1. The molecule has 2 atom stereocenters. The van der Waals surface area contributed by atoms with Gasteiger partial charge in [0.2, 0.25) is 0 Å². The van der Waals surface area contributed by atoms with Gasteiger partial charge in [0, 0.05) is 5.41 Å². The first-order valence-electron chi connectivity index (χ1n) is 7.75. The van der Waals surface area contributed by atoms with Gasteiger partial charge in [-0.2, -0.15) is 0 Å². The van der Waals surface area contributed by atoms with Crippen LogP contribution in [-0.4, -0.2) is 5.78 Å². The fourth-order valence-electron chi connectivity index (χ4n) is 4.20. The van der Waals surface area contributed by atoms with E-state index in [1.54, 1.807) is 0 Å². The van der Waals surface area contributed by atoms with E-state index in [0.717, 1.165) is 24.8 Å². The van der Waals surface area contributed by atoms with Crippen molar-refractivity contribution in [3.63, 3.8) is 0 Å². The highest BCUT2D eigenvalue weighted by Gasteiger charge is 2.63. The number of rotatable bonds is 3. The Morgan fingerprint density at radius 3 is 2.50 bits per heavy atom. The summed E-state index contributed by atoms with van der Waals surface area (Å²) in [6, 6.07) is 10.5. The number of carbonyl (C=O) groups excluding carboxylic acids is 1. The van der Waals surface area contributed by atoms with Gasteiger partial charge >= 0.3 is 0 Å². The maximum absolute atomic E-state index is 12.7. The lowest BCUT2D eigenvalue weighted by Gasteiger charge is -2.31. The summed E-state index contributed by atoms with van der Waals surface area (Å²) < 4.78 is 0. The molecule has 0 aromatic heterocycles. The van der Waals surface area contributed by atoms with Gasteiger partial charge in [-0.25, -0.2) is 0 Å². The lowest BCUT2D eigenvalue weighted by molar-refractivity contribution is -0.125. The van der Waals surface area contributed by atoms with Crippen molar-refractivity contribution in [2.24, 2.45) is 16.7 Å². The van der Waals surface area contributed by atoms with Gasteiger partial charge in [0.25, 0.3) is 0 Å². The molecule has 106 valence electrons. The summed E-state index contributed by atoms with van der Waals surface area (Å²) in [5.41, 5.74) is 2.50. The zero-order chi connectivity index (χ0) is 14.4. The summed E-state index contributed by atoms with van der Waals surface area (Å²) in [4.78, 5) is 12.7. The van der Waals surface area contributed by atoms with E-state index in [4.69, 9.17) is 0 Å². The Morgan fingerprint density at radius 1 is 1.20 bits per heavy atom. The normalized spacial score (nSPS) is 33.0. The Hall–Kier alpha value is -1.37. The van der Waals surface area contributed by atoms with Crippen molar-refractivity contribution in [3.8, 4) is 0 Å². The third kappa shape index (κ3) is 1.79. The Bertz CT molecular complexity index is 552. The summed E-state index contributed by atoms with van der Waals surface area (Å²) in [6.07, 6.45) is 6.49. The second-order valence-electron chi connectivity index (χ2n) is 7.16. The number of benzene rings is 1. The fraction of sp³-hybridized carbons (Fsp3) is 0.526. The minimum absolute atomic E-state index is 0.115. The third-order valence-corrected chi connectivity index (χ3v) is 6.01. The molecule has 0 saturated heterocycles. The zero-order valence-corrected chi connectivity index (χ0v) is 12.8. The van der Waals surface area contributed by atoms with E-state index < -0.39 is 0 Å². The Labute approximate surface area is 122 Å². The van der Waals surface area contributed by atoms with Crippen molar-refractivity contribution in [2.75, 3.05) is 0 Å². The summed E-state index contributed by atoms with van der Waals surface area (Å²) in [5.74, 6) is 0.905. The first-order chi connectivity index (χ1) is 9.47. The minimum Gasteiger partial charge on any atom is -0.294 e. The first-order valence-corrected chi connectivity index (χ1v) is 7.75. The van der Waals surface area contributed by atoms with E-state index in [9.17, 15) is 4.79 Å². The van der Waals surface area contributed by atoms with Crippen molar-refractivity contribution >= 4 is 5.78 Å². The average molecular weight is 268 g/mol. The molecule has 2 aliphatic carbocycles. The monoisotopic (exact) mass is 268 g/mol. The average Bonchev–Trinajstić information content (AvgIpc) is 2.74. The van der Waals surface area contributed by atoms with Gasteiger partial charge in [-0.1, -0.05) is 57.2 Å². The molecule has 1 aromatic carbocycles. The highest BCUT2D eigenvalue weighted by atomic mass is 16.1. The number of hydrogen-bond acceptors (Lipinski definition) is 1. The molecule has 0 radical (unpaired) electrons. The van der Waals surface area contributed by atoms with Crippen molar-refractivity contribution in [2.45, 2.75) is 46.5 Å². The molecular formula is C19H24O. The number of carbonyl (C=O) groups is 1.